The highest BCUT2D eigenvalue weighted by Crippen LogP contribution is 2.32. The third-order valence-corrected chi connectivity index (χ3v) is 4.78. The van der Waals surface area contributed by atoms with Gasteiger partial charge in [0.2, 0.25) is 0 Å². The molecular formula is C22H26N2O4S. The molecular weight excluding hydrogens is 388 g/mol. The molecule has 1 atom stereocenters. The average Bonchev–Trinajstić information content (AvgIpc) is 2.65. The minimum atomic E-state index is -0.533. The number of thiocarbonyl (C=S) groups is 1. The molecule has 29 heavy (non-hydrogen) atoms. The van der Waals surface area contributed by atoms with Crippen LogP contribution in [0.3, 0.4) is 0 Å². The molecule has 1 aliphatic rings. The van der Waals surface area contributed by atoms with Crippen LogP contribution in [0.2, 0.25) is 0 Å². The van der Waals surface area contributed by atoms with Gasteiger partial charge in [-0.25, -0.2) is 4.79 Å². The Kier molecular flexibility index (Phi) is 6.27. The number of benzene rings is 2. The van der Waals surface area contributed by atoms with Gasteiger partial charge in [-0.15, -0.1) is 0 Å². The van der Waals surface area contributed by atoms with E-state index in [9.17, 15) is 4.79 Å². The maximum absolute atomic E-state index is 11.9. The molecule has 0 aromatic heterocycles. The molecule has 0 spiro atoms. The molecule has 1 heterocycles. The van der Waals surface area contributed by atoms with E-state index in [1.165, 1.54) is 0 Å². The number of hydrogen-bond donors (Lipinski definition) is 2. The second-order valence-electron chi connectivity index (χ2n) is 7.87. The average molecular weight is 415 g/mol. The van der Waals surface area contributed by atoms with Gasteiger partial charge in [-0.05, 0) is 63.1 Å². The summed E-state index contributed by atoms with van der Waals surface area (Å²) in [6.45, 7) is 5.90. The van der Waals surface area contributed by atoms with Gasteiger partial charge in [-0.2, -0.15) is 0 Å². The highest BCUT2D eigenvalue weighted by atomic mass is 32.1. The lowest BCUT2D eigenvalue weighted by atomic mass is 9.93. The van der Waals surface area contributed by atoms with Gasteiger partial charge in [0.15, 0.2) is 0 Å². The van der Waals surface area contributed by atoms with Crippen molar-refractivity contribution in [3.8, 4) is 17.2 Å². The first-order chi connectivity index (χ1) is 13.7. The van der Waals surface area contributed by atoms with Crippen LogP contribution < -0.4 is 20.1 Å². The van der Waals surface area contributed by atoms with Crippen molar-refractivity contribution in [2.24, 2.45) is 5.92 Å². The van der Waals surface area contributed by atoms with E-state index < -0.39 is 11.7 Å². The number of fused-ring (bicyclic) bond motifs is 1. The van der Waals surface area contributed by atoms with Gasteiger partial charge in [-0.3, -0.25) is 0 Å². The summed E-state index contributed by atoms with van der Waals surface area (Å²) >= 11 is 5.48. The molecule has 154 valence electrons. The number of alkyl carbamates (subject to hydrolysis) is 1. The maximum atomic E-state index is 11.9. The van der Waals surface area contributed by atoms with Gasteiger partial charge >= 0.3 is 6.09 Å². The predicted molar refractivity (Wildman–Crippen MR) is 117 cm³/mol. The van der Waals surface area contributed by atoms with Crippen LogP contribution >= 0.6 is 12.2 Å². The minimum Gasteiger partial charge on any atom is -0.497 e. The van der Waals surface area contributed by atoms with Crippen molar-refractivity contribution >= 4 is 29.0 Å². The van der Waals surface area contributed by atoms with Crippen LogP contribution in [0.25, 0.3) is 0 Å². The largest absolute Gasteiger partial charge is 0.497 e. The number of nitrogens with one attached hydrogen (secondary N) is 2. The van der Waals surface area contributed by atoms with Crippen LogP contribution in [-0.4, -0.2) is 30.3 Å². The molecule has 2 aromatic rings. The number of anilines is 1. The second kappa shape index (κ2) is 8.69. The Labute approximate surface area is 176 Å². The Balaban J connectivity index is 1.66. The van der Waals surface area contributed by atoms with Crippen LogP contribution in [0.15, 0.2) is 42.5 Å². The number of rotatable bonds is 5. The van der Waals surface area contributed by atoms with Crippen molar-refractivity contribution < 1.29 is 19.0 Å². The Morgan fingerprint density at radius 3 is 2.62 bits per heavy atom. The van der Waals surface area contributed by atoms with E-state index in [-0.39, 0.29) is 5.92 Å². The van der Waals surface area contributed by atoms with Crippen LogP contribution in [0, 0.1) is 5.92 Å². The number of ether oxygens (including phenoxy) is 3. The fourth-order valence-corrected chi connectivity index (χ4v) is 3.28. The summed E-state index contributed by atoms with van der Waals surface area (Å²) in [5, 5.41) is 6.06. The van der Waals surface area contributed by atoms with E-state index in [1.54, 1.807) is 7.11 Å². The molecule has 0 aliphatic carbocycles. The summed E-state index contributed by atoms with van der Waals surface area (Å²) in [6.07, 6.45) is 0.257. The quantitative estimate of drug-likeness (QED) is 0.677. The van der Waals surface area contributed by atoms with Crippen molar-refractivity contribution in [3.63, 3.8) is 0 Å². The molecule has 2 N–H and O–H groups in total. The number of carbonyl (C=O) groups is 1. The molecule has 1 aliphatic heterocycles. The third-order valence-electron chi connectivity index (χ3n) is 4.34. The van der Waals surface area contributed by atoms with E-state index in [0.717, 1.165) is 22.7 Å². The van der Waals surface area contributed by atoms with Gasteiger partial charge in [0, 0.05) is 24.2 Å². The second-order valence-corrected chi connectivity index (χ2v) is 8.31. The van der Waals surface area contributed by atoms with Crippen LogP contribution in [-0.2, 0) is 11.2 Å². The first kappa shape index (κ1) is 20.9. The smallest absolute Gasteiger partial charge is 0.407 e. The molecule has 7 heteroatoms. The van der Waals surface area contributed by atoms with E-state index in [1.807, 2.05) is 63.2 Å². The van der Waals surface area contributed by atoms with Crippen molar-refractivity contribution in [2.75, 3.05) is 19.0 Å². The van der Waals surface area contributed by atoms with Gasteiger partial charge in [0.05, 0.1) is 12.1 Å². The lowest BCUT2D eigenvalue weighted by Gasteiger charge is -2.28. The normalized spacial score (nSPS) is 15.7. The number of carbonyl (C=O) groups excluding carboxylic acids is 1. The van der Waals surface area contributed by atoms with Crippen molar-refractivity contribution in [1.29, 1.82) is 0 Å². The molecule has 1 unspecified atom stereocenters. The highest BCUT2D eigenvalue weighted by molar-refractivity contribution is 7.80. The lowest BCUT2D eigenvalue weighted by molar-refractivity contribution is 0.0523. The molecule has 6 nitrogen and oxygen atoms in total. The van der Waals surface area contributed by atoms with Crippen LogP contribution in [0.4, 0.5) is 10.5 Å². The van der Waals surface area contributed by atoms with E-state index in [2.05, 4.69) is 10.6 Å². The zero-order chi connectivity index (χ0) is 21.0. The lowest BCUT2D eigenvalue weighted by Crippen LogP contribution is -2.40. The first-order valence-corrected chi connectivity index (χ1v) is 9.87. The van der Waals surface area contributed by atoms with Crippen molar-refractivity contribution in [3.05, 3.63) is 48.0 Å². The van der Waals surface area contributed by atoms with Crippen molar-refractivity contribution in [1.82, 2.24) is 5.32 Å². The van der Waals surface area contributed by atoms with E-state index in [4.69, 9.17) is 26.4 Å². The maximum Gasteiger partial charge on any atom is 0.407 e. The fraction of sp³-hybridized carbons (Fsp3) is 0.364. The minimum absolute atomic E-state index is 0.0166. The monoisotopic (exact) mass is 414 g/mol. The Morgan fingerprint density at radius 1 is 1.17 bits per heavy atom. The summed E-state index contributed by atoms with van der Waals surface area (Å²) in [7, 11) is 1.62. The van der Waals surface area contributed by atoms with E-state index >= 15 is 0 Å². The number of amides is 1. The van der Waals surface area contributed by atoms with Crippen LogP contribution in [0.5, 0.6) is 17.2 Å². The zero-order valence-corrected chi connectivity index (χ0v) is 17.9. The Morgan fingerprint density at radius 2 is 1.90 bits per heavy atom. The standard InChI is InChI=1S/C22H26N2O4S/c1-22(2,3)28-21(25)23-13-15-10-14-11-18(8-9-19(14)24-20(15)29)27-17-7-5-6-16(12-17)26-4/h5-9,11-12,15H,10,13H2,1-4H3,(H,23,25)(H,24,29). The van der Waals surface area contributed by atoms with Gasteiger partial charge < -0.3 is 24.8 Å². The molecule has 1 amide bonds. The molecule has 2 aromatic carbocycles. The molecule has 0 saturated heterocycles. The van der Waals surface area contributed by atoms with Gasteiger partial charge in [-0.1, -0.05) is 18.3 Å². The highest BCUT2D eigenvalue weighted by Gasteiger charge is 2.25. The van der Waals surface area contributed by atoms with Gasteiger partial charge in [0.1, 0.15) is 22.8 Å². The number of methoxy groups -OCH3 is 1. The molecule has 0 radical (unpaired) electrons. The molecule has 0 bridgehead atoms. The topological polar surface area (TPSA) is 68.8 Å². The Bertz CT molecular complexity index is 908. The molecule has 3 rings (SSSR count). The van der Waals surface area contributed by atoms with E-state index in [0.29, 0.717) is 23.7 Å². The molecule has 0 fully saturated rings. The van der Waals surface area contributed by atoms with Crippen molar-refractivity contribution in [2.45, 2.75) is 32.8 Å². The third kappa shape index (κ3) is 5.84. The summed E-state index contributed by atoms with van der Waals surface area (Å²) in [5.74, 6) is 2.15. The fourth-order valence-electron chi connectivity index (χ4n) is 3.00. The molecule has 0 saturated carbocycles. The summed E-state index contributed by atoms with van der Waals surface area (Å²) in [6, 6.07) is 13.3. The Hall–Kier alpha value is -2.80. The van der Waals surface area contributed by atoms with Crippen LogP contribution in [0.1, 0.15) is 26.3 Å². The summed E-state index contributed by atoms with van der Waals surface area (Å²) < 4.78 is 16.5. The predicted octanol–water partition coefficient (Wildman–Crippen LogP) is 4.92. The number of hydrogen-bond acceptors (Lipinski definition) is 5. The summed E-state index contributed by atoms with van der Waals surface area (Å²) in [5.41, 5.74) is 1.51. The zero-order valence-electron chi connectivity index (χ0n) is 17.1. The SMILES string of the molecule is COc1cccc(Oc2ccc3c(c2)CC(CNC(=O)OC(C)(C)C)C(=S)N3)c1. The first-order valence-electron chi connectivity index (χ1n) is 9.46. The summed E-state index contributed by atoms with van der Waals surface area (Å²) in [4.78, 5) is 12.6. The van der Waals surface area contributed by atoms with Gasteiger partial charge in [0.25, 0.3) is 0 Å².